The summed E-state index contributed by atoms with van der Waals surface area (Å²) in [6.45, 7) is 3.17. The van der Waals surface area contributed by atoms with Crippen LogP contribution in [0.4, 0.5) is 8.78 Å². The van der Waals surface area contributed by atoms with Crippen LogP contribution in [0.1, 0.15) is 34.6 Å². The van der Waals surface area contributed by atoms with Gasteiger partial charge in [0.15, 0.2) is 0 Å². The number of carbonyl (C=O) groups excluding carboxylic acids is 1. The number of benzene rings is 2. The predicted molar refractivity (Wildman–Crippen MR) is 91.3 cm³/mol. The third-order valence-electron chi connectivity index (χ3n) is 4.01. The van der Waals surface area contributed by atoms with E-state index in [4.69, 9.17) is 4.74 Å². The highest BCUT2D eigenvalue weighted by Gasteiger charge is 2.20. The molecule has 7 heteroatoms. The largest absolute Gasteiger partial charge is 0.454 e. The zero-order valence-electron chi connectivity index (χ0n) is 14.1. The van der Waals surface area contributed by atoms with Crippen LogP contribution in [0.3, 0.4) is 0 Å². The standard InChI is InChI=1S/C19H16F2N2O3/c1-11-10-22-19(25)23(11)14-8-6-13(7-9-14)18(24)26-12(2)17-15(20)4-3-5-16(17)21/h3-10,12H,1-2H3,(H,22,25)/t12-/m1/s1. The van der Waals surface area contributed by atoms with Crippen molar-refractivity contribution in [1.82, 2.24) is 9.55 Å². The fourth-order valence-electron chi connectivity index (χ4n) is 2.71. The van der Waals surface area contributed by atoms with Crippen LogP contribution >= 0.6 is 0 Å². The number of aryl methyl sites for hydroxylation is 1. The first kappa shape index (κ1) is 17.6. The lowest BCUT2D eigenvalue weighted by Crippen LogP contribution is -2.16. The summed E-state index contributed by atoms with van der Waals surface area (Å²) in [7, 11) is 0. The summed E-state index contributed by atoms with van der Waals surface area (Å²) in [5.41, 5.74) is 0.916. The molecule has 0 radical (unpaired) electrons. The van der Waals surface area contributed by atoms with Crippen LogP contribution in [0.25, 0.3) is 5.69 Å². The molecule has 0 aliphatic rings. The molecule has 0 aliphatic heterocycles. The fraction of sp³-hybridized carbons (Fsp3) is 0.158. The van der Waals surface area contributed by atoms with Gasteiger partial charge in [0.1, 0.15) is 17.7 Å². The molecule has 0 unspecified atom stereocenters. The monoisotopic (exact) mass is 358 g/mol. The first-order valence-corrected chi connectivity index (χ1v) is 7.91. The van der Waals surface area contributed by atoms with Crippen molar-refractivity contribution in [2.24, 2.45) is 0 Å². The first-order valence-electron chi connectivity index (χ1n) is 7.91. The second-order valence-electron chi connectivity index (χ2n) is 5.80. The number of imidazole rings is 1. The van der Waals surface area contributed by atoms with Gasteiger partial charge >= 0.3 is 11.7 Å². The molecule has 26 heavy (non-hydrogen) atoms. The Labute approximate surface area is 147 Å². The Balaban J connectivity index is 1.80. The lowest BCUT2D eigenvalue weighted by Gasteiger charge is -2.15. The molecule has 0 saturated heterocycles. The van der Waals surface area contributed by atoms with Crippen LogP contribution in [0.5, 0.6) is 0 Å². The van der Waals surface area contributed by atoms with E-state index in [9.17, 15) is 18.4 Å². The maximum Gasteiger partial charge on any atom is 0.338 e. The molecule has 3 aromatic rings. The number of halogens is 2. The molecule has 1 atom stereocenters. The van der Waals surface area contributed by atoms with E-state index in [0.29, 0.717) is 11.4 Å². The quantitative estimate of drug-likeness (QED) is 0.724. The van der Waals surface area contributed by atoms with E-state index in [1.54, 1.807) is 25.3 Å². The topological polar surface area (TPSA) is 64.1 Å². The van der Waals surface area contributed by atoms with E-state index in [2.05, 4.69) is 4.98 Å². The molecular formula is C19H16F2N2O3. The molecule has 0 amide bonds. The zero-order chi connectivity index (χ0) is 18.8. The summed E-state index contributed by atoms with van der Waals surface area (Å²) in [5.74, 6) is -2.27. The number of hydrogen-bond donors (Lipinski definition) is 1. The van der Waals surface area contributed by atoms with Crippen LogP contribution in [-0.4, -0.2) is 15.5 Å². The molecule has 0 spiro atoms. The zero-order valence-corrected chi connectivity index (χ0v) is 14.1. The van der Waals surface area contributed by atoms with E-state index in [1.165, 1.54) is 29.7 Å². The average Bonchev–Trinajstić information content (AvgIpc) is 2.93. The van der Waals surface area contributed by atoms with Crippen LogP contribution in [0.15, 0.2) is 53.5 Å². The summed E-state index contributed by atoms with van der Waals surface area (Å²) in [6, 6.07) is 9.61. The molecule has 0 saturated carbocycles. The van der Waals surface area contributed by atoms with Gasteiger partial charge in [-0.3, -0.25) is 4.57 Å². The summed E-state index contributed by atoms with van der Waals surface area (Å²) in [6.07, 6.45) is 0.493. The lowest BCUT2D eigenvalue weighted by atomic mass is 10.1. The van der Waals surface area contributed by atoms with Gasteiger partial charge in [0.25, 0.3) is 0 Å². The van der Waals surface area contributed by atoms with Gasteiger partial charge < -0.3 is 9.72 Å². The molecule has 1 aromatic heterocycles. The van der Waals surface area contributed by atoms with Gasteiger partial charge in [-0.05, 0) is 50.2 Å². The van der Waals surface area contributed by atoms with Gasteiger partial charge in [-0.25, -0.2) is 18.4 Å². The molecule has 134 valence electrons. The van der Waals surface area contributed by atoms with Crippen molar-refractivity contribution >= 4 is 5.97 Å². The average molecular weight is 358 g/mol. The van der Waals surface area contributed by atoms with Crippen molar-refractivity contribution in [3.05, 3.63) is 87.6 Å². The van der Waals surface area contributed by atoms with Crippen molar-refractivity contribution in [2.45, 2.75) is 20.0 Å². The molecule has 5 nitrogen and oxygen atoms in total. The Morgan fingerprint density at radius 2 is 1.73 bits per heavy atom. The third kappa shape index (κ3) is 3.28. The van der Waals surface area contributed by atoms with Crippen LogP contribution in [-0.2, 0) is 4.74 Å². The number of rotatable bonds is 4. The third-order valence-corrected chi connectivity index (χ3v) is 4.01. The maximum atomic E-state index is 13.8. The summed E-state index contributed by atoms with van der Waals surface area (Å²) >= 11 is 0. The highest BCUT2D eigenvalue weighted by atomic mass is 19.1. The number of hydrogen-bond acceptors (Lipinski definition) is 3. The lowest BCUT2D eigenvalue weighted by molar-refractivity contribution is 0.0324. The van der Waals surface area contributed by atoms with E-state index in [1.807, 2.05) is 0 Å². The van der Waals surface area contributed by atoms with Gasteiger partial charge in [-0.2, -0.15) is 0 Å². The van der Waals surface area contributed by atoms with Gasteiger partial charge in [0, 0.05) is 11.9 Å². The van der Waals surface area contributed by atoms with E-state index < -0.39 is 23.7 Å². The number of nitrogens with zero attached hydrogens (tertiary/aromatic N) is 1. The number of carbonyl (C=O) groups is 1. The number of aromatic amines is 1. The number of nitrogens with one attached hydrogen (secondary N) is 1. The minimum atomic E-state index is -1.09. The van der Waals surface area contributed by atoms with Gasteiger partial charge in [0.05, 0.1) is 16.8 Å². The number of esters is 1. The SMILES string of the molecule is Cc1c[nH]c(=O)n1-c1ccc(C(=O)O[C@H](C)c2c(F)cccc2F)cc1. The Morgan fingerprint density at radius 1 is 1.12 bits per heavy atom. The molecule has 3 rings (SSSR count). The molecule has 1 heterocycles. The van der Waals surface area contributed by atoms with Gasteiger partial charge in [0.2, 0.25) is 0 Å². The van der Waals surface area contributed by atoms with Gasteiger partial charge in [-0.15, -0.1) is 0 Å². The molecule has 2 aromatic carbocycles. The number of aromatic nitrogens is 2. The Kier molecular flexibility index (Phi) is 4.71. The summed E-state index contributed by atoms with van der Waals surface area (Å²) < 4.78 is 34.2. The van der Waals surface area contributed by atoms with E-state index in [0.717, 1.165) is 12.1 Å². The van der Waals surface area contributed by atoms with Crippen LogP contribution < -0.4 is 5.69 Å². The number of ether oxygens (including phenoxy) is 1. The van der Waals surface area contributed by atoms with Crippen molar-refractivity contribution in [1.29, 1.82) is 0 Å². The van der Waals surface area contributed by atoms with Crippen molar-refractivity contribution in [3.63, 3.8) is 0 Å². The summed E-state index contributed by atoms with van der Waals surface area (Å²) in [4.78, 5) is 26.6. The second kappa shape index (κ2) is 6.95. The second-order valence-corrected chi connectivity index (χ2v) is 5.80. The Morgan fingerprint density at radius 3 is 2.27 bits per heavy atom. The van der Waals surface area contributed by atoms with E-state index in [-0.39, 0.29) is 16.8 Å². The predicted octanol–water partition coefficient (Wildman–Crippen LogP) is 3.67. The summed E-state index contributed by atoms with van der Waals surface area (Å²) in [5, 5.41) is 0. The van der Waals surface area contributed by atoms with E-state index >= 15 is 0 Å². The van der Waals surface area contributed by atoms with Crippen LogP contribution in [0, 0.1) is 18.6 Å². The maximum absolute atomic E-state index is 13.8. The molecular weight excluding hydrogens is 342 g/mol. The minimum absolute atomic E-state index is 0.207. The smallest absolute Gasteiger partial charge is 0.338 e. The molecule has 1 N–H and O–H groups in total. The van der Waals surface area contributed by atoms with Crippen molar-refractivity contribution in [2.75, 3.05) is 0 Å². The molecule has 0 aliphatic carbocycles. The highest BCUT2D eigenvalue weighted by molar-refractivity contribution is 5.89. The normalized spacial score (nSPS) is 12.0. The molecule has 0 bridgehead atoms. The fourth-order valence-corrected chi connectivity index (χ4v) is 2.71. The van der Waals surface area contributed by atoms with Crippen molar-refractivity contribution in [3.8, 4) is 5.69 Å². The molecule has 0 fully saturated rings. The van der Waals surface area contributed by atoms with Crippen LogP contribution in [0.2, 0.25) is 0 Å². The minimum Gasteiger partial charge on any atom is -0.454 e. The Bertz CT molecular complexity index is 986. The first-order chi connectivity index (χ1) is 12.4. The van der Waals surface area contributed by atoms with Crippen molar-refractivity contribution < 1.29 is 18.3 Å². The van der Waals surface area contributed by atoms with Gasteiger partial charge in [-0.1, -0.05) is 6.07 Å². The Hall–Kier alpha value is -3.22. The highest BCUT2D eigenvalue weighted by Crippen LogP contribution is 2.24. The number of H-pyrrole nitrogens is 1.